The molecule has 2 heterocycles. The average molecular weight is 453 g/mol. The van der Waals surface area contributed by atoms with Crippen LogP contribution in [0.1, 0.15) is 40.5 Å². The normalized spacial score (nSPS) is 20.7. The lowest BCUT2D eigenvalue weighted by Gasteiger charge is -2.36. The summed E-state index contributed by atoms with van der Waals surface area (Å²) in [4.78, 5) is 20.2. The van der Waals surface area contributed by atoms with Gasteiger partial charge in [0.1, 0.15) is 11.8 Å². The fourth-order valence-electron chi connectivity index (χ4n) is 3.33. The molecule has 1 aliphatic rings. The number of amidine groups is 1. The SMILES string of the molecule is Cc1cc(C#N)cnc1C(=O)Nc1cc(F)c(F)c(C2(C)CC(C(F)(F)F)OC(N)=N2)c1. The average Bonchev–Trinajstić information content (AvgIpc) is 2.68. The summed E-state index contributed by atoms with van der Waals surface area (Å²) in [5.74, 6) is -3.64. The number of aryl methyl sites for hydroxylation is 1. The second-order valence-electron chi connectivity index (χ2n) is 7.35. The number of rotatable bonds is 3. The van der Waals surface area contributed by atoms with E-state index in [2.05, 4.69) is 20.0 Å². The Morgan fingerprint density at radius 1 is 1.34 bits per heavy atom. The standard InChI is InChI=1S/C20H16F5N5O2/c1-9-3-10(7-26)8-28-16(9)17(31)29-11-4-12(15(22)13(21)5-11)19(2)6-14(20(23,24)25)32-18(27)30-19/h3-5,8,14H,6H2,1-2H3,(H2,27,30)(H,29,31). The number of hydrogen-bond donors (Lipinski definition) is 2. The molecule has 1 aromatic heterocycles. The number of nitrogens with zero attached hydrogens (tertiary/aromatic N) is 3. The van der Waals surface area contributed by atoms with Crippen LogP contribution in [0.4, 0.5) is 27.6 Å². The molecule has 0 fully saturated rings. The number of carbonyl (C=O) groups excluding carboxylic acids is 1. The minimum Gasteiger partial charge on any atom is -0.452 e. The molecular weight excluding hydrogens is 437 g/mol. The summed E-state index contributed by atoms with van der Waals surface area (Å²) in [6, 6.07) is 4.10. The number of carbonyl (C=O) groups is 1. The molecular formula is C20H16F5N5O2. The smallest absolute Gasteiger partial charge is 0.425 e. The first kappa shape index (κ1) is 22.9. The second-order valence-corrected chi connectivity index (χ2v) is 7.35. The summed E-state index contributed by atoms with van der Waals surface area (Å²) in [5, 5.41) is 11.2. The Morgan fingerprint density at radius 2 is 2.03 bits per heavy atom. The van der Waals surface area contributed by atoms with Gasteiger partial charge in [0.15, 0.2) is 17.7 Å². The molecule has 1 aliphatic heterocycles. The number of pyridine rings is 1. The van der Waals surface area contributed by atoms with Crippen LogP contribution in [0, 0.1) is 29.9 Å². The van der Waals surface area contributed by atoms with Crippen LogP contribution in [0.5, 0.6) is 0 Å². The molecule has 2 aromatic rings. The van der Waals surface area contributed by atoms with Gasteiger partial charge < -0.3 is 15.8 Å². The fourth-order valence-corrected chi connectivity index (χ4v) is 3.33. The summed E-state index contributed by atoms with van der Waals surface area (Å²) in [6.45, 7) is 2.67. The van der Waals surface area contributed by atoms with E-state index in [0.717, 1.165) is 19.2 Å². The van der Waals surface area contributed by atoms with Crippen molar-refractivity contribution in [3.63, 3.8) is 0 Å². The molecule has 0 aliphatic carbocycles. The van der Waals surface area contributed by atoms with Crippen LogP contribution in [0.3, 0.4) is 0 Å². The highest BCUT2D eigenvalue weighted by molar-refractivity contribution is 6.03. The van der Waals surface area contributed by atoms with Gasteiger partial charge in [-0.1, -0.05) is 0 Å². The molecule has 3 N–H and O–H groups in total. The lowest BCUT2D eigenvalue weighted by atomic mass is 9.85. The zero-order chi connectivity index (χ0) is 23.8. The Hall–Kier alpha value is -3.75. The first-order valence-electron chi connectivity index (χ1n) is 9.10. The van der Waals surface area contributed by atoms with E-state index in [-0.39, 0.29) is 16.9 Å². The summed E-state index contributed by atoms with van der Waals surface area (Å²) in [7, 11) is 0. The van der Waals surface area contributed by atoms with Crippen molar-refractivity contribution in [2.75, 3.05) is 5.32 Å². The van der Waals surface area contributed by atoms with Crippen LogP contribution < -0.4 is 11.1 Å². The lowest BCUT2D eigenvalue weighted by Crippen LogP contribution is -2.46. The van der Waals surface area contributed by atoms with Crippen LogP contribution in [0.25, 0.3) is 0 Å². The maximum Gasteiger partial charge on any atom is 0.425 e. The number of benzene rings is 1. The van der Waals surface area contributed by atoms with Gasteiger partial charge in [0.05, 0.1) is 11.1 Å². The molecule has 0 radical (unpaired) electrons. The number of amides is 1. The number of aliphatic imine (C=N–C) groups is 1. The first-order valence-corrected chi connectivity index (χ1v) is 9.10. The minimum atomic E-state index is -4.82. The molecule has 0 bridgehead atoms. The number of nitriles is 1. The molecule has 3 rings (SSSR count). The van der Waals surface area contributed by atoms with Crippen LogP contribution in [0.2, 0.25) is 0 Å². The quantitative estimate of drug-likeness (QED) is 0.689. The molecule has 7 nitrogen and oxygen atoms in total. The number of anilines is 1. The third kappa shape index (κ3) is 4.46. The molecule has 0 spiro atoms. The van der Waals surface area contributed by atoms with E-state index in [1.54, 1.807) is 0 Å². The van der Waals surface area contributed by atoms with Crippen LogP contribution in [-0.4, -0.2) is 29.2 Å². The van der Waals surface area contributed by atoms with Crippen molar-refractivity contribution in [3.05, 3.63) is 58.4 Å². The van der Waals surface area contributed by atoms with E-state index in [0.29, 0.717) is 11.6 Å². The monoisotopic (exact) mass is 453 g/mol. The summed E-state index contributed by atoms with van der Waals surface area (Å²) < 4.78 is 73.0. The Labute approximate surface area is 178 Å². The van der Waals surface area contributed by atoms with Gasteiger partial charge in [-0.2, -0.15) is 18.4 Å². The van der Waals surface area contributed by atoms with Crippen molar-refractivity contribution >= 4 is 17.6 Å². The number of alkyl halides is 3. The minimum absolute atomic E-state index is 0.0769. The van der Waals surface area contributed by atoms with Crippen molar-refractivity contribution in [1.29, 1.82) is 5.26 Å². The number of hydrogen-bond acceptors (Lipinski definition) is 6. The largest absolute Gasteiger partial charge is 0.452 e. The van der Waals surface area contributed by atoms with E-state index in [1.165, 1.54) is 13.0 Å². The Bertz CT molecular complexity index is 1160. The van der Waals surface area contributed by atoms with Crippen LogP contribution >= 0.6 is 0 Å². The van der Waals surface area contributed by atoms with Crippen molar-refractivity contribution in [2.45, 2.75) is 38.1 Å². The fraction of sp³-hybridized carbons (Fsp3) is 0.300. The van der Waals surface area contributed by atoms with Crippen LogP contribution in [-0.2, 0) is 10.3 Å². The van der Waals surface area contributed by atoms with Gasteiger partial charge in [-0.25, -0.2) is 18.8 Å². The molecule has 12 heteroatoms. The third-order valence-corrected chi connectivity index (χ3v) is 4.86. The van der Waals surface area contributed by atoms with Crippen molar-refractivity contribution in [2.24, 2.45) is 10.7 Å². The molecule has 168 valence electrons. The van der Waals surface area contributed by atoms with Gasteiger partial charge in [0.25, 0.3) is 11.9 Å². The summed E-state index contributed by atoms with van der Waals surface area (Å²) in [5.41, 5.74) is 3.16. The van der Waals surface area contributed by atoms with E-state index in [4.69, 9.17) is 11.0 Å². The number of halogens is 5. The third-order valence-electron chi connectivity index (χ3n) is 4.86. The van der Waals surface area contributed by atoms with Crippen molar-refractivity contribution in [1.82, 2.24) is 4.98 Å². The number of ether oxygens (including phenoxy) is 1. The number of nitrogens with one attached hydrogen (secondary N) is 1. The highest BCUT2D eigenvalue weighted by Gasteiger charge is 2.50. The molecule has 32 heavy (non-hydrogen) atoms. The summed E-state index contributed by atoms with van der Waals surface area (Å²) >= 11 is 0. The van der Waals surface area contributed by atoms with Gasteiger partial charge in [-0.15, -0.1) is 0 Å². The van der Waals surface area contributed by atoms with E-state index in [9.17, 15) is 26.7 Å². The van der Waals surface area contributed by atoms with Crippen molar-refractivity contribution in [3.8, 4) is 6.07 Å². The maximum absolute atomic E-state index is 14.6. The lowest BCUT2D eigenvalue weighted by molar-refractivity contribution is -0.208. The Morgan fingerprint density at radius 3 is 2.62 bits per heavy atom. The van der Waals surface area contributed by atoms with Crippen molar-refractivity contribution < 1.29 is 31.5 Å². The molecule has 1 amide bonds. The van der Waals surface area contributed by atoms with Crippen LogP contribution in [0.15, 0.2) is 29.4 Å². The highest BCUT2D eigenvalue weighted by Crippen LogP contribution is 2.41. The summed E-state index contributed by atoms with van der Waals surface area (Å²) in [6.07, 6.45) is -6.89. The molecule has 2 atom stereocenters. The van der Waals surface area contributed by atoms with E-state index >= 15 is 0 Å². The topological polar surface area (TPSA) is 113 Å². The van der Waals surface area contributed by atoms with Gasteiger partial charge in [0.2, 0.25) is 0 Å². The maximum atomic E-state index is 14.6. The van der Waals surface area contributed by atoms with Gasteiger partial charge in [-0.05, 0) is 31.5 Å². The van der Waals surface area contributed by atoms with Gasteiger partial charge in [0, 0.05) is 29.9 Å². The van der Waals surface area contributed by atoms with Gasteiger partial charge in [-0.3, -0.25) is 4.79 Å². The zero-order valence-electron chi connectivity index (χ0n) is 16.7. The van der Waals surface area contributed by atoms with Gasteiger partial charge >= 0.3 is 6.18 Å². The first-order chi connectivity index (χ1) is 14.8. The molecule has 1 aromatic carbocycles. The molecule has 0 saturated carbocycles. The number of aromatic nitrogens is 1. The Balaban J connectivity index is 1.99. The number of nitrogens with two attached hydrogens (primary N) is 1. The van der Waals surface area contributed by atoms with E-state index in [1.807, 2.05) is 6.07 Å². The molecule has 2 unspecified atom stereocenters. The molecule has 0 saturated heterocycles. The van der Waals surface area contributed by atoms with E-state index < -0.39 is 53.4 Å². The predicted molar refractivity (Wildman–Crippen MR) is 103 cm³/mol. The Kier molecular flexibility index (Phi) is 5.78. The highest BCUT2D eigenvalue weighted by atomic mass is 19.4. The predicted octanol–water partition coefficient (Wildman–Crippen LogP) is 3.67. The second kappa shape index (κ2) is 8.07. The zero-order valence-corrected chi connectivity index (χ0v) is 16.7.